The molecule has 0 saturated carbocycles. The van der Waals surface area contributed by atoms with Crippen LogP contribution in [-0.4, -0.2) is 154 Å². The zero-order chi connectivity index (χ0) is 65.7. The standard InChI is InChI=1S/C35H42F2N6O6.C30H34F2N6O4/c1-21-19-41(12-13-42(21)23(3)44)33-38-17-27(18-39-33)25-9-10-28-29(16-25)43(40(7)31(28)45)20-26-15-24(8-11-30(26)48-32(36)37)14-22(2)47-34(46)49-35(4,5)6;1-18-16-36(9-10-37(18)20(3)40)30-33-14-24(15-34-30)22-6-7-25-26(13-22)38(35(4)28(25)41)17-23-12-21(11-19(2)39)5-8-27(23)42-29(31)32/h8-11,15-18,21-22,32H,12-14,19-20H2,1-7H3;5-8,12-15,18-19,29,39H,9-11,16-17H2,1-4H3/t21-,22?;18-,19?/m11/s1. The number of hydrogen-bond donors (Lipinski definition) is 1. The minimum atomic E-state index is -3.06. The third-order valence-electron chi connectivity index (χ3n) is 16.0. The van der Waals surface area contributed by atoms with Crippen molar-refractivity contribution in [1.82, 2.24) is 48.5 Å². The summed E-state index contributed by atoms with van der Waals surface area (Å²) in [6.45, 7) is 13.5. The molecular weight excluding hydrogens is 1180 g/mol. The van der Waals surface area contributed by atoms with E-state index in [1.54, 1.807) is 133 Å². The first kappa shape index (κ1) is 66.1. The van der Waals surface area contributed by atoms with Crippen LogP contribution in [-0.2, 0) is 59.1 Å². The fourth-order valence-corrected chi connectivity index (χ4v) is 11.6. The molecule has 2 aliphatic rings. The van der Waals surface area contributed by atoms with Crippen molar-refractivity contribution in [2.45, 2.75) is 131 Å². The molecule has 2 amide bonds. The van der Waals surface area contributed by atoms with Gasteiger partial charge in [-0.2, -0.15) is 17.6 Å². The van der Waals surface area contributed by atoms with E-state index in [-0.39, 0.29) is 66.0 Å². The fraction of sp³-hybridized carbons (Fsp3) is 0.431. The van der Waals surface area contributed by atoms with E-state index < -0.39 is 37.2 Å². The molecule has 91 heavy (non-hydrogen) atoms. The van der Waals surface area contributed by atoms with Gasteiger partial charge >= 0.3 is 19.4 Å². The Morgan fingerprint density at radius 3 is 1.36 bits per heavy atom. The predicted octanol–water partition coefficient (Wildman–Crippen LogP) is 8.81. The van der Waals surface area contributed by atoms with Gasteiger partial charge in [0.1, 0.15) is 23.2 Å². The lowest BCUT2D eigenvalue weighted by Crippen LogP contribution is -2.53. The number of piperazine rings is 2. The molecule has 10 rings (SSSR count). The van der Waals surface area contributed by atoms with Gasteiger partial charge in [0.25, 0.3) is 11.1 Å². The summed E-state index contributed by atoms with van der Waals surface area (Å²) in [7, 11) is 3.24. The fourth-order valence-electron chi connectivity index (χ4n) is 11.6. The van der Waals surface area contributed by atoms with E-state index in [1.165, 1.54) is 21.5 Å². The molecule has 22 nitrogen and oxygen atoms in total. The quantitative estimate of drug-likeness (QED) is 0.0663. The molecule has 26 heteroatoms. The van der Waals surface area contributed by atoms with Crippen LogP contribution in [0.3, 0.4) is 0 Å². The molecule has 2 unspecified atom stereocenters. The number of ether oxygens (including phenoxy) is 4. The van der Waals surface area contributed by atoms with Gasteiger partial charge < -0.3 is 43.7 Å². The zero-order valence-electron chi connectivity index (χ0n) is 52.8. The molecule has 0 bridgehead atoms. The van der Waals surface area contributed by atoms with Crippen molar-refractivity contribution in [2.24, 2.45) is 14.1 Å². The topological polar surface area (TPSA) is 227 Å². The number of alkyl halides is 4. The van der Waals surface area contributed by atoms with Crippen LogP contribution in [0.15, 0.2) is 107 Å². The summed E-state index contributed by atoms with van der Waals surface area (Å²) in [4.78, 5) is 88.3. The Balaban J connectivity index is 0.000000218. The van der Waals surface area contributed by atoms with E-state index in [4.69, 9.17) is 18.9 Å². The van der Waals surface area contributed by atoms with Gasteiger partial charge in [-0.05, 0) is 114 Å². The molecule has 8 aromatic rings. The Hall–Kier alpha value is -9.33. The number of amides is 2. The van der Waals surface area contributed by atoms with Gasteiger partial charge in [-0.25, -0.2) is 24.7 Å². The minimum absolute atomic E-state index is 0.00670. The number of aliphatic hydroxyl groups is 1. The van der Waals surface area contributed by atoms with Crippen LogP contribution in [0, 0.1) is 0 Å². The molecule has 4 aromatic heterocycles. The number of benzene rings is 4. The first-order chi connectivity index (χ1) is 43.1. The average molecular weight is 1260 g/mol. The number of aliphatic hydroxyl groups excluding tert-OH is 1. The van der Waals surface area contributed by atoms with Gasteiger partial charge in [-0.1, -0.05) is 36.4 Å². The maximum Gasteiger partial charge on any atom is 0.509 e. The van der Waals surface area contributed by atoms with E-state index in [9.17, 15) is 46.6 Å². The zero-order valence-corrected chi connectivity index (χ0v) is 52.8. The molecule has 0 radical (unpaired) electrons. The maximum absolute atomic E-state index is 13.4. The molecule has 2 aliphatic heterocycles. The molecule has 2 saturated heterocycles. The molecule has 0 aliphatic carbocycles. The molecule has 2 fully saturated rings. The second-order valence-electron chi connectivity index (χ2n) is 24.1. The average Bonchev–Trinajstić information content (AvgIpc) is 1.66. The van der Waals surface area contributed by atoms with Gasteiger partial charge in [0.05, 0.1) is 41.0 Å². The number of anilines is 2. The summed E-state index contributed by atoms with van der Waals surface area (Å²) in [5.74, 6) is 1.21. The SMILES string of the molecule is CC(=O)N1CCN(c2ncc(-c3ccc4c(=O)n(C)n(Cc5cc(CC(C)O)ccc5OC(F)F)c4c3)cn2)C[C@H]1C.CC(=O)N1CCN(c2ncc(-c3ccc4c(=O)n(C)n(Cc5cc(CC(C)OC(=O)OC(C)(C)C)ccc5OC(F)F)c4c3)cn2)C[C@H]1C. The van der Waals surface area contributed by atoms with Gasteiger partial charge in [-0.15, -0.1) is 0 Å². The monoisotopic (exact) mass is 1260 g/mol. The lowest BCUT2D eigenvalue weighted by atomic mass is 10.0. The normalized spacial score (nSPS) is 16.1. The van der Waals surface area contributed by atoms with E-state index in [2.05, 4.69) is 24.8 Å². The second kappa shape index (κ2) is 27.8. The molecular formula is C65H76F4N12O10. The first-order valence-corrected chi connectivity index (χ1v) is 29.9. The summed E-state index contributed by atoms with van der Waals surface area (Å²) >= 11 is 0. The highest BCUT2D eigenvalue weighted by Crippen LogP contribution is 2.31. The number of hydrogen-bond acceptors (Lipinski definition) is 16. The Kier molecular flexibility index (Phi) is 20.2. The number of carbonyl (C=O) groups is 3. The molecule has 484 valence electrons. The van der Waals surface area contributed by atoms with Crippen molar-refractivity contribution in [2.75, 3.05) is 49.1 Å². The highest BCUT2D eigenvalue weighted by Gasteiger charge is 2.29. The van der Waals surface area contributed by atoms with Crippen LogP contribution in [0.4, 0.5) is 34.3 Å². The lowest BCUT2D eigenvalue weighted by molar-refractivity contribution is -0.132. The molecule has 4 atom stereocenters. The largest absolute Gasteiger partial charge is 0.509 e. The summed E-state index contributed by atoms with van der Waals surface area (Å²) < 4.78 is 79.8. The number of nitrogens with zero attached hydrogens (tertiary/aromatic N) is 12. The Morgan fingerprint density at radius 2 is 1.00 bits per heavy atom. The first-order valence-electron chi connectivity index (χ1n) is 29.9. The Morgan fingerprint density at radius 1 is 0.593 bits per heavy atom. The highest BCUT2D eigenvalue weighted by molar-refractivity contribution is 5.86. The lowest BCUT2D eigenvalue weighted by Gasteiger charge is -2.39. The van der Waals surface area contributed by atoms with Crippen molar-refractivity contribution >= 4 is 51.7 Å². The number of rotatable bonds is 17. The maximum atomic E-state index is 13.4. The van der Waals surface area contributed by atoms with Crippen molar-refractivity contribution in [3.63, 3.8) is 0 Å². The van der Waals surface area contributed by atoms with Crippen LogP contribution in [0.1, 0.15) is 84.6 Å². The minimum Gasteiger partial charge on any atom is -0.434 e. The van der Waals surface area contributed by atoms with E-state index >= 15 is 0 Å². The Labute approximate surface area is 523 Å². The molecule has 0 spiro atoms. The summed E-state index contributed by atoms with van der Waals surface area (Å²) in [5.41, 5.74) is 5.38. The van der Waals surface area contributed by atoms with Crippen molar-refractivity contribution in [1.29, 1.82) is 0 Å². The Bertz CT molecular complexity index is 4050. The molecule has 4 aromatic carbocycles. The van der Waals surface area contributed by atoms with Gasteiger partial charge in [0.15, 0.2) is 0 Å². The number of halogens is 4. The summed E-state index contributed by atoms with van der Waals surface area (Å²) in [6.07, 6.45) is 5.55. The van der Waals surface area contributed by atoms with Crippen LogP contribution in [0.2, 0.25) is 0 Å². The van der Waals surface area contributed by atoms with Crippen LogP contribution >= 0.6 is 0 Å². The van der Waals surface area contributed by atoms with E-state index in [1.807, 2.05) is 52.8 Å². The van der Waals surface area contributed by atoms with Crippen LogP contribution in [0.5, 0.6) is 11.5 Å². The smallest absolute Gasteiger partial charge is 0.434 e. The van der Waals surface area contributed by atoms with Gasteiger partial charge in [0.2, 0.25) is 23.7 Å². The summed E-state index contributed by atoms with van der Waals surface area (Å²) in [5, 5.41) is 10.8. The van der Waals surface area contributed by atoms with Gasteiger partial charge in [0, 0.05) is 133 Å². The third-order valence-corrected chi connectivity index (χ3v) is 16.0. The number of carbonyl (C=O) groups excluding carboxylic acids is 3. The predicted molar refractivity (Wildman–Crippen MR) is 335 cm³/mol. The second-order valence-corrected chi connectivity index (χ2v) is 24.1. The number of aromatic nitrogens is 8. The van der Waals surface area contributed by atoms with Crippen LogP contribution < -0.4 is 30.4 Å². The van der Waals surface area contributed by atoms with E-state index in [0.29, 0.717) is 96.1 Å². The number of fused-ring (bicyclic) bond motifs is 2. The highest BCUT2D eigenvalue weighted by atomic mass is 19.3. The summed E-state index contributed by atoms with van der Waals surface area (Å²) in [6, 6.07) is 20.5. The molecule has 6 heterocycles. The van der Waals surface area contributed by atoms with E-state index in [0.717, 1.165) is 27.8 Å². The van der Waals surface area contributed by atoms with Crippen molar-refractivity contribution < 1.29 is 56.0 Å². The third kappa shape index (κ3) is 15.8. The molecule has 1 N–H and O–H groups in total. The van der Waals surface area contributed by atoms with Crippen molar-refractivity contribution in [3.05, 3.63) is 141 Å². The van der Waals surface area contributed by atoms with Gasteiger partial charge in [-0.3, -0.25) is 37.9 Å². The van der Waals surface area contributed by atoms with Crippen LogP contribution in [0.25, 0.3) is 44.1 Å². The van der Waals surface area contributed by atoms with Crippen molar-refractivity contribution in [3.8, 4) is 33.8 Å².